The molecule has 0 saturated heterocycles. The number of hydrogen-bond donors (Lipinski definition) is 2. The summed E-state index contributed by atoms with van der Waals surface area (Å²) in [6, 6.07) is 13.7. The van der Waals surface area contributed by atoms with Gasteiger partial charge in [0.1, 0.15) is 5.82 Å². The molecule has 2 aromatic rings. The van der Waals surface area contributed by atoms with Gasteiger partial charge in [-0.2, -0.15) is 0 Å². The summed E-state index contributed by atoms with van der Waals surface area (Å²) in [4.78, 5) is 12.4. The second-order valence-electron chi connectivity index (χ2n) is 5.18. The molecular formula is C16H17FN2O. The SMILES string of the molecule is CC(C)(C(=O)Nc1ccc(N)c(F)c1)c1ccccc1. The van der Waals surface area contributed by atoms with Gasteiger partial charge in [0.15, 0.2) is 0 Å². The minimum Gasteiger partial charge on any atom is -0.396 e. The maximum Gasteiger partial charge on any atom is 0.234 e. The number of carbonyl (C=O) groups excluding carboxylic acids is 1. The Hall–Kier alpha value is -2.36. The fraction of sp³-hybridized carbons (Fsp3) is 0.188. The highest BCUT2D eigenvalue weighted by Crippen LogP contribution is 2.25. The Kier molecular flexibility index (Phi) is 3.74. The van der Waals surface area contributed by atoms with Gasteiger partial charge in [-0.25, -0.2) is 4.39 Å². The van der Waals surface area contributed by atoms with E-state index in [2.05, 4.69) is 5.32 Å². The Labute approximate surface area is 117 Å². The third-order valence-electron chi connectivity index (χ3n) is 3.32. The standard InChI is InChI=1S/C16H17FN2O/c1-16(2,11-6-4-3-5-7-11)15(20)19-12-8-9-14(18)13(17)10-12/h3-10H,18H2,1-2H3,(H,19,20). The molecule has 0 aliphatic carbocycles. The summed E-state index contributed by atoms with van der Waals surface area (Å²) in [6.45, 7) is 3.65. The topological polar surface area (TPSA) is 55.1 Å². The van der Waals surface area contributed by atoms with E-state index in [0.29, 0.717) is 5.69 Å². The molecule has 2 aromatic carbocycles. The van der Waals surface area contributed by atoms with Gasteiger partial charge in [-0.05, 0) is 37.6 Å². The van der Waals surface area contributed by atoms with E-state index < -0.39 is 11.2 Å². The molecule has 0 radical (unpaired) electrons. The second-order valence-corrected chi connectivity index (χ2v) is 5.18. The first-order valence-corrected chi connectivity index (χ1v) is 6.33. The van der Waals surface area contributed by atoms with Crippen LogP contribution in [0, 0.1) is 5.82 Å². The van der Waals surface area contributed by atoms with Crippen LogP contribution in [0.5, 0.6) is 0 Å². The van der Waals surface area contributed by atoms with Crippen molar-refractivity contribution in [3.8, 4) is 0 Å². The van der Waals surface area contributed by atoms with Crippen LogP contribution in [0.2, 0.25) is 0 Å². The number of halogens is 1. The summed E-state index contributed by atoms with van der Waals surface area (Å²) in [6.07, 6.45) is 0. The molecule has 4 heteroatoms. The molecule has 0 aliphatic rings. The van der Waals surface area contributed by atoms with Crippen molar-refractivity contribution in [2.75, 3.05) is 11.1 Å². The van der Waals surface area contributed by atoms with E-state index in [-0.39, 0.29) is 11.6 Å². The number of hydrogen-bond acceptors (Lipinski definition) is 2. The monoisotopic (exact) mass is 272 g/mol. The normalized spacial score (nSPS) is 11.2. The highest BCUT2D eigenvalue weighted by atomic mass is 19.1. The van der Waals surface area contributed by atoms with E-state index >= 15 is 0 Å². The molecule has 104 valence electrons. The van der Waals surface area contributed by atoms with Gasteiger partial charge in [0.2, 0.25) is 5.91 Å². The lowest BCUT2D eigenvalue weighted by Crippen LogP contribution is -2.34. The molecular weight excluding hydrogens is 255 g/mol. The van der Waals surface area contributed by atoms with E-state index in [0.717, 1.165) is 5.56 Å². The molecule has 0 bridgehead atoms. The highest BCUT2D eigenvalue weighted by Gasteiger charge is 2.29. The predicted molar refractivity (Wildman–Crippen MR) is 78.9 cm³/mol. The molecule has 0 atom stereocenters. The Balaban J connectivity index is 2.21. The molecule has 2 rings (SSSR count). The van der Waals surface area contributed by atoms with Crippen molar-refractivity contribution in [3.05, 3.63) is 59.9 Å². The van der Waals surface area contributed by atoms with Gasteiger partial charge in [-0.15, -0.1) is 0 Å². The van der Waals surface area contributed by atoms with Crippen LogP contribution in [0.15, 0.2) is 48.5 Å². The summed E-state index contributed by atoms with van der Waals surface area (Å²) >= 11 is 0. The zero-order chi connectivity index (χ0) is 14.8. The van der Waals surface area contributed by atoms with Crippen LogP contribution < -0.4 is 11.1 Å². The van der Waals surface area contributed by atoms with Crippen molar-refractivity contribution in [3.63, 3.8) is 0 Å². The van der Waals surface area contributed by atoms with Crippen LogP contribution >= 0.6 is 0 Å². The summed E-state index contributed by atoms with van der Waals surface area (Å²) in [5, 5.41) is 2.71. The quantitative estimate of drug-likeness (QED) is 0.842. The average Bonchev–Trinajstić information content (AvgIpc) is 2.44. The summed E-state index contributed by atoms with van der Waals surface area (Å²) in [5.74, 6) is -0.742. The number of benzene rings is 2. The fourth-order valence-electron chi connectivity index (χ4n) is 1.88. The van der Waals surface area contributed by atoms with E-state index in [1.54, 1.807) is 6.07 Å². The van der Waals surface area contributed by atoms with Gasteiger partial charge in [0.25, 0.3) is 0 Å². The molecule has 1 amide bonds. The number of nitrogens with two attached hydrogens (primary N) is 1. The first-order valence-electron chi connectivity index (χ1n) is 6.33. The first-order chi connectivity index (χ1) is 9.41. The Morgan fingerprint density at radius 1 is 1.15 bits per heavy atom. The molecule has 0 aliphatic heterocycles. The van der Waals surface area contributed by atoms with Gasteiger partial charge in [0, 0.05) is 5.69 Å². The number of nitrogens with one attached hydrogen (secondary N) is 1. The Morgan fingerprint density at radius 2 is 1.80 bits per heavy atom. The smallest absolute Gasteiger partial charge is 0.234 e. The van der Waals surface area contributed by atoms with E-state index in [9.17, 15) is 9.18 Å². The minimum atomic E-state index is -0.709. The van der Waals surface area contributed by atoms with Crippen LogP contribution in [0.3, 0.4) is 0 Å². The lowest BCUT2D eigenvalue weighted by Gasteiger charge is -2.24. The van der Waals surface area contributed by atoms with Crippen molar-refractivity contribution in [2.24, 2.45) is 0 Å². The van der Waals surface area contributed by atoms with Crippen LogP contribution in [0.4, 0.5) is 15.8 Å². The maximum atomic E-state index is 13.4. The lowest BCUT2D eigenvalue weighted by molar-refractivity contribution is -0.120. The van der Waals surface area contributed by atoms with E-state index in [4.69, 9.17) is 5.73 Å². The van der Waals surface area contributed by atoms with Gasteiger partial charge in [-0.3, -0.25) is 4.79 Å². The molecule has 20 heavy (non-hydrogen) atoms. The van der Waals surface area contributed by atoms with Crippen LogP contribution in [-0.4, -0.2) is 5.91 Å². The van der Waals surface area contributed by atoms with Gasteiger partial charge >= 0.3 is 0 Å². The Bertz CT molecular complexity index is 624. The second kappa shape index (κ2) is 5.33. The molecule has 0 heterocycles. The number of anilines is 2. The number of carbonyl (C=O) groups is 1. The molecule has 0 fully saturated rings. The van der Waals surface area contributed by atoms with Crippen molar-refractivity contribution >= 4 is 17.3 Å². The molecule has 0 saturated carbocycles. The molecule has 0 spiro atoms. The number of rotatable bonds is 3. The van der Waals surface area contributed by atoms with Crippen LogP contribution in [0.25, 0.3) is 0 Å². The summed E-state index contributed by atoms with van der Waals surface area (Å²) < 4.78 is 13.4. The van der Waals surface area contributed by atoms with Crippen LogP contribution in [0.1, 0.15) is 19.4 Å². The van der Waals surface area contributed by atoms with Crippen molar-refractivity contribution in [2.45, 2.75) is 19.3 Å². The fourth-order valence-corrected chi connectivity index (χ4v) is 1.88. The molecule has 3 nitrogen and oxygen atoms in total. The van der Waals surface area contributed by atoms with Crippen LogP contribution in [-0.2, 0) is 10.2 Å². The van der Waals surface area contributed by atoms with Gasteiger partial charge in [0.05, 0.1) is 11.1 Å². The number of nitrogen functional groups attached to an aromatic ring is 1. The Morgan fingerprint density at radius 3 is 2.40 bits per heavy atom. The third kappa shape index (κ3) is 2.79. The number of amides is 1. The zero-order valence-corrected chi connectivity index (χ0v) is 11.5. The molecule has 0 unspecified atom stereocenters. The van der Waals surface area contributed by atoms with Crippen molar-refractivity contribution < 1.29 is 9.18 Å². The summed E-state index contributed by atoms with van der Waals surface area (Å²) in [7, 11) is 0. The first kappa shape index (κ1) is 14.1. The minimum absolute atomic E-state index is 0.0605. The third-order valence-corrected chi connectivity index (χ3v) is 3.32. The highest BCUT2D eigenvalue weighted by molar-refractivity contribution is 5.98. The van der Waals surface area contributed by atoms with Gasteiger partial charge < -0.3 is 11.1 Å². The van der Waals surface area contributed by atoms with Crippen molar-refractivity contribution in [1.29, 1.82) is 0 Å². The van der Waals surface area contributed by atoms with E-state index in [1.165, 1.54) is 12.1 Å². The largest absolute Gasteiger partial charge is 0.396 e. The van der Waals surface area contributed by atoms with Gasteiger partial charge in [-0.1, -0.05) is 30.3 Å². The summed E-state index contributed by atoms with van der Waals surface area (Å²) in [5.41, 5.74) is 6.05. The average molecular weight is 272 g/mol. The molecule has 3 N–H and O–H groups in total. The zero-order valence-electron chi connectivity index (χ0n) is 11.5. The molecule has 0 aromatic heterocycles. The predicted octanol–water partition coefficient (Wildman–Crippen LogP) is 3.32. The lowest BCUT2D eigenvalue weighted by atomic mass is 9.83. The van der Waals surface area contributed by atoms with E-state index in [1.807, 2.05) is 44.2 Å². The van der Waals surface area contributed by atoms with Crippen molar-refractivity contribution in [1.82, 2.24) is 0 Å². The maximum absolute atomic E-state index is 13.4.